The first-order valence-corrected chi connectivity index (χ1v) is 8.09. The summed E-state index contributed by atoms with van der Waals surface area (Å²) in [5.74, 6) is -0.778. The number of halogens is 4. The fourth-order valence-corrected chi connectivity index (χ4v) is 3.21. The van der Waals surface area contributed by atoms with Crippen molar-refractivity contribution in [2.45, 2.75) is 29.8 Å². The SMILES string of the molecule is CC(CC(F)(F)F)NC(=O)c1csc(S(=O)(=O)Cl)c1. The maximum Gasteiger partial charge on any atom is 0.391 e. The minimum absolute atomic E-state index is 0.0433. The van der Waals surface area contributed by atoms with Crippen LogP contribution >= 0.6 is 22.0 Å². The monoisotopic (exact) mass is 335 g/mol. The third-order valence-corrected chi connectivity index (χ3v) is 5.03. The zero-order valence-electron chi connectivity index (χ0n) is 9.49. The van der Waals surface area contributed by atoms with E-state index in [9.17, 15) is 26.4 Å². The summed E-state index contributed by atoms with van der Waals surface area (Å²) in [7, 11) is 1.13. The van der Waals surface area contributed by atoms with Crippen molar-refractivity contribution in [2.24, 2.45) is 0 Å². The fourth-order valence-electron chi connectivity index (χ4n) is 1.27. The van der Waals surface area contributed by atoms with Gasteiger partial charge >= 0.3 is 6.18 Å². The van der Waals surface area contributed by atoms with E-state index >= 15 is 0 Å². The van der Waals surface area contributed by atoms with Crippen molar-refractivity contribution in [3.63, 3.8) is 0 Å². The topological polar surface area (TPSA) is 63.2 Å². The zero-order chi connectivity index (χ0) is 14.8. The lowest BCUT2D eigenvalue weighted by molar-refractivity contribution is -0.138. The van der Waals surface area contributed by atoms with Gasteiger partial charge in [-0.15, -0.1) is 11.3 Å². The Morgan fingerprint density at radius 2 is 2.11 bits per heavy atom. The first-order chi connectivity index (χ1) is 8.49. The third-order valence-electron chi connectivity index (χ3n) is 1.99. The van der Waals surface area contributed by atoms with Gasteiger partial charge in [0.1, 0.15) is 4.21 Å². The van der Waals surface area contributed by atoms with Crippen LogP contribution in [0.2, 0.25) is 0 Å². The van der Waals surface area contributed by atoms with Gasteiger partial charge in [-0.1, -0.05) is 0 Å². The summed E-state index contributed by atoms with van der Waals surface area (Å²) in [4.78, 5) is 11.6. The highest BCUT2D eigenvalue weighted by Crippen LogP contribution is 2.24. The maximum absolute atomic E-state index is 12.1. The Balaban J connectivity index is 2.72. The Hall–Kier alpha value is -0.800. The van der Waals surface area contributed by atoms with Crippen LogP contribution in [0.5, 0.6) is 0 Å². The molecule has 0 aliphatic heterocycles. The molecule has 0 radical (unpaired) electrons. The average molecular weight is 336 g/mol. The van der Waals surface area contributed by atoms with Crippen LogP contribution in [0.15, 0.2) is 15.7 Å². The van der Waals surface area contributed by atoms with Gasteiger partial charge in [-0.25, -0.2) is 8.42 Å². The highest BCUT2D eigenvalue weighted by atomic mass is 35.7. The minimum Gasteiger partial charge on any atom is -0.349 e. The molecule has 1 amide bonds. The number of nitrogens with one attached hydrogen (secondary N) is 1. The smallest absolute Gasteiger partial charge is 0.349 e. The molecule has 0 saturated carbocycles. The number of amides is 1. The van der Waals surface area contributed by atoms with Crippen LogP contribution in [-0.4, -0.2) is 26.5 Å². The molecule has 0 saturated heterocycles. The van der Waals surface area contributed by atoms with Gasteiger partial charge in [-0.3, -0.25) is 4.79 Å². The predicted octanol–water partition coefficient (Wildman–Crippen LogP) is 2.75. The number of carbonyl (C=O) groups is 1. The van der Waals surface area contributed by atoms with Crippen LogP contribution in [0.4, 0.5) is 13.2 Å². The molecule has 1 unspecified atom stereocenters. The van der Waals surface area contributed by atoms with E-state index in [0.717, 1.165) is 17.4 Å². The molecule has 0 aliphatic carbocycles. The molecular weight excluding hydrogens is 327 g/mol. The molecule has 1 aromatic rings. The summed E-state index contributed by atoms with van der Waals surface area (Å²) < 4.78 is 57.9. The lowest BCUT2D eigenvalue weighted by Crippen LogP contribution is -2.35. The van der Waals surface area contributed by atoms with Gasteiger partial charge in [0.05, 0.1) is 12.0 Å². The Morgan fingerprint density at radius 3 is 2.53 bits per heavy atom. The summed E-state index contributed by atoms with van der Waals surface area (Å²) in [6.07, 6.45) is -5.55. The summed E-state index contributed by atoms with van der Waals surface area (Å²) in [6, 6.07) is -0.0914. The molecule has 108 valence electrons. The lowest BCUT2D eigenvalue weighted by atomic mass is 10.2. The van der Waals surface area contributed by atoms with Crippen LogP contribution in [0.25, 0.3) is 0 Å². The van der Waals surface area contributed by atoms with E-state index in [1.807, 2.05) is 0 Å². The van der Waals surface area contributed by atoms with Gasteiger partial charge in [-0.05, 0) is 13.0 Å². The third kappa shape index (κ3) is 5.37. The summed E-state index contributed by atoms with van der Waals surface area (Å²) >= 11 is 0.722. The Labute approximate surface area is 116 Å². The van der Waals surface area contributed by atoms with Crippen molar-refractivity contribution >= 4 is 37.0 Å². The van der Waals surface area contributed by atoms with Crippen LogP contribution in [-0.2, 0) is 9.05 Å². The second-order valence-electron chi connectivity index (χ2n) is 3.79. The molecular formula is C9H9ClF3NO3S2. The van der Waals surface area contributed by atoms with Crippen molar-refractivity contribution < 1.29 is 26.4 Å². The summed E-state index contributed by atoms with van der Waals surface area (Å²) in [5, 5.41) is 3.34. The number of hydrogen-bond donors (Lipinski definition) is 1. The van der Waals surface area contributed by atoms with Gasteiger partial charge in [0.2, 0.25) is 0 Å². The van der Waals surface area contributed by atoms with Gasteiger partial charge in [-0.2, -0.15) is 13.2 Å². The van der Waals surface area contributed by atoms with Crippen LogP contribution in [0.1, 0.15) is 23.7 Å². The number of rotatable bonds is 4. The van der Waals surface area contributed by atoms with Crippen molar-refractivity contribution in [3.8, 4) is 0 Å². The number of alkyl halides is 3. The van der Waals surface area contributed by atoms with Crippen LogP contribution in [0.3, 0.4) is 0 Å². The Morgan fingerprint density at radius 1 is 1.53 bits per heavy atom. The van der Waals surface area contributed by atoms with E-state index in [1.54, 1.807) is 0 Å². The largest absolute Gasteiger partial charge is 0.391 e. The summed E-state index contributed by atoms with van der Waals surface area (Å²) in [6.45, 7) is 1.21. The molecule has 0 bridgehead atoms. The number of carbonyl (C=O) groups excluding carboxylic acids is 1. The van der Waals surface area contributed by atoms with E-state index in [1.165, 1.54) is 12.3 Å². The molecule has 1 rings (SSSR count). The molecule has 1 heterocycles. The first-order valence-electron chi connectivity index (χ1n) is 4.90. The van der Waals surface area contributed by atoms with E-state index in [2.05, 4.69) is 5.32 Å². The maximum atomic E-state index is 12.1. The molecule has 0 aliphatic rings. The van der Waals surface area contributed by atoms with E-state index < -0.39 is 33.6 Å². The predicted molar refractivity (Wildman–Crippen MR) is 65.0 cm³/mol. The highest BCUT2D eigenvalue weighted by Gasteiger charge is 2.30. The summed E-state index contributed by atoms with van der Waals surface area (Å²) in [5.41, 5.74) is -0.0433. The normalized spacial score (nSPS) is 14.2. The molecule has 0 aromatic carbocycles. The van der Waals surface area contributed by atoms with Gasteiger partial charge in [0.15, 0.2) is 0 Å². The first kappa shape index (κ1) is 16.3. The second-order valence-corrected chi connectivity index (χ2v) is 7.49. The lowest BCUT2D eigenvalue weighted by Gasteiger charge is -2.15. The molecule has 0 fully saturated rings. The molecule has 1 atom stereocenters. The van der Waals surface area contributed by atoms with Gasteiger partial charge in [0.25, 0.3) is 15.0 Å². The fraction of sp³-hybridized carbons (Fsp3) is 0.444. The molecule has 4 nitrogen and oxygen atoms in total. The highest BCUT2D eigenvalue weighted by molar-refractivity contribution is 8.15. The molecule has 1 N–H and O–H groups in total. The molecule has 1 aromatic heterocycles. The van der Waals surface area contributed by atoms with Crippen molar-refractivity contribution in [2.75, 3.05) is 0 Å². The minimum atomic E-state index is -4.38. The molecule has 19 heavy (non-hydrogen) atoms. The van der Waals surface area contributed by atoms with E-state index in [0.29, 0.717) is 0 Å². The van der Waals surface area contributed by atoms with Crippen molar-refractivity contribution in [3.05, 3.63) is 17.0 Å². The van der Waals surface area contributed by atoms with Gasteiger partial charge in [0, 0.05) is 22.1 Å². The second kappa shape index (κ2) is 5.68. The average Bonchev–Trinajstić information content (AvgIpc) is 2.61. The zero-order valence-corrected chi connectivity index (χ0v) is 11.9. The van der Waals surface area contributed by atoms with Crippen LogP contribution < -0.4 is 5.32 Å². The van der Waals surface area contributed by atoms with Crippen molar-refractivity contribution in [1.29, 1.82) is 0 Å². The molecule has 10 heteroatoms. The standard InChI is InChI=1S/C9H9ClF3NO3S2/c1-5(3-9(11,12)13)14-8(15)6-2-7(18-4-6)19(10,16)17/h2,4-5H,3H2,1H3,(H,14,15). The van der Waals surface area contributed by atoms with Crippen molar-refractivity contribution in [1.82, 2.24) is 5.32 Å². The number of thiophene rings is 1. The molecule has 0 spiro atoms. The quantitative estimate of drug-likeness (QED) is 0.861. The Bertz CT molecular complexity index is 568. The van der Waals surface area contributed by atoms with E-state index in [4.69, 9.17) is 10.7 Å². The van der Waals surface area contributed by atoms with E-state index in [-0.39, 0.29) is 9.77 Å². The van der Waals surface area contributed by atoms with Crippen LogP contribution in [0, 0.1) is 0 Å². The Kier molecular flexibility index (Phi) is 4.86. The van der Waals surface area contributed by atoms with Gasteiger partial charge < -0.3 is 5.32 Å². The number of hydrogen-bond acceptors (Lipinski definition) is 4.